The standard InChI is InChI=1S/C4H10O.CH2O.Ca.O.Pb.2H/c1-2-3-4-5;1-2;;;;;/h5H,2-4H2,1H3;1H2;;;;;. The van der Waals surface area contributed by atoms with E-state index >= 15 is 0 Å². The number of aliphatic hydroxyl groups excluding tert-OH is 1. The summed E-state index contributed by atoms with van der Waals surface area (Å²) in [6, 6.07) is 0. The molecule has 0 unspecified atom stereocenters. The molecule has 0 aromatic heterocycles. The number of aliphatic hydroxyl groups is 1. The van der Waals surface area contributed by atoms with Crippen molar-refractivity contribution in [1.29, 1.82) is 0 Å². The topological polar surface area (TPSA) is 54.4 Å². The third-order valence-electron chi connectivity index (χ3n) is 0.512. The summed E-state index contributed by atoms with van der Waals surface area (Å²) >= 11 is 0.0556. The van der Waals surface area contributed by atoms with E-state index in [0.29, 0.717) is 6.61 Å². The van der Waals surface area contributed by atoms with Crippen molar-refractivity contribution in [3.05, 3.63) is 0 Å². The number of carbonyl (C=O) groups excluding carboxylic acids is 1. The van der Waals surface area contributed by atoms with Crippen molar-refractivity contribution in [2.45, 2.75) is 19.8 Å². The van der Waals surface area contributed by atoms with E-state index in [1.807, 2.05) is 6.79 Å². The van der Waals surface area contributed by atoms with Gasteiger partial charge in [0.1, 0.15) is 6.79 Å². The van der Waals surface area contributed by atoms with Gasteiger partial charge < -0.3 is 9.90 Å². The first-order valence-electron chi connectivity index (χ1n) is 2.52. The van der Waals surface area contributed by atoms with Crippen molar-refractivity contribution in [3.63, 3.8) is 0 Å². The molecule has 0 aromatic carbocycles. The molecule has 0 aliphatic heterocycles. The normalized spacial score (nSPS) is 5.00. The van der Waals surface area contributed by atoms with E-state index in [9.17, 15) is 0 Å². The molecule has 1 N–H and O–H groups in total. The van der Waals surface area contributed by atoms with Gasteiger partial charge in [-0.15, -0.1) is 0 Å². The summed E-state index contributed by atoms with van der Waals surface area (Å²) in [5.74, 6) is 0. The Morgan fingerprint density at radius 1 is 1.40 bits per heavy atom. The zero-order chi connectivity index (χ0) is 8.12. The summed E-state index contributed by atoms with van der Waals surface area (Å²) in [7, 11) is 0. The van der Waals surface area contributed by atoms with Gasteiger partial charge in [0, 0.05) is 6.61 Å². The van der Waals surface area contributed by atoms with E-state index < -0.39 is 0 Å². The summed E-state index contributed by atoms with van der Waals surface area (Å²) < 4.78 is 8.39. The van der Waals surface area contributed by atoms with Gasteiger partial charge in [-0.05, 0) is 6.42 Å². The minimum atomic E-state index is 0. The van der Waals surface area contributed by atoms with Gasteiger partial charge in [0.15, 0.2) is 0 Å². The molecule has 0 aliphatic carbocycles. The van der Waals surface area contributed by atoms with Gasteiger partial charge in [-0.25, -0.2) is 0 Å². The van der Waals surface area contributed by atoms with Crippen molar-refractivity contribution >= 4 is 70.3 Å². The Balaban J connectivity index is -0.0000000315. The van der Waals surface area contributed by atoms with Crippen LogP contribution in [-0.4, -0.2) is 82.0 Å². The Morgan fingerprint density at radius 2 is 1.70 bits per heavy atom. The maximum atomic E-state index is 8.39. The first-order valence-corrected chi connectivity index (χ1v) is 4.10. The fourth-order valence-corrected chi connectivity index (χ4v) is 0.158. The molecule has 58 valence electrons. The minimum absolute atomic E-state index is 0. The molecule has 0 heterocycles. The van der Waals surface area contributed by atoms with Crippen LogP contribution in [0.4, 0.5) is 0 Å². The summed E-state index contributed by atoms with van der Waals surface area (Å²) in [6.45, 7) is 4.40. The molecule has 2 radical (unpaired) electrons. The predicted octanol–water partition coefficient (Wildman–Crippen LogP) is -0.822. The Morgan fingerprint density at radius 3 is 1.70 bits per heavy atom. The van der Waals surface area contributed by atoms with E-state index in [0.717, 1.165) is 12.8 Å². The molecule has 5 heteroatoms. The summed E-state index contributed by atoms with van der Waals surface area (Å²) in [6.07, 6.45) is 2.04. The van der Waals surface area contributed by atoms with E-state index in [4.69, 9.17) is 12.6 Å². The molecule has 0 amide bonds. The zero-order valence-electron chi connectivity index (χ0n) is 5.59. The second kappa shape index (κ2) is 46.1. The van der Waals surface area contributed by atoms with Crippen LogP contribution in [0.1, 0.15) is 19.8 Å². The summed E-state index contributed by atoms with van der Waals surface area (Å²) in [5.41, 5.74) is 0. The molecule has 0 bridgehead atoms. The van der Waals surface area contributed by atoms with Crippen LogP contribution in [0.2, 0.25) is 0 Å². The van der Waals surface area contributed by atoms with E-state index in [-0.39, 0.29) is 63.5 Å². The van der Waals surface area contributed by atoms with Crippen LogP contribution >= 0.6 is 0 Å². The van der Waals surface area contributed by atoms with Crippen LogP contribution in [0.3, 0.4) is 0 Å². The monoisotopic (exact) mass is 370 g/mol. The first-order chi connectivity index (χ1) is 4.41. The van der Waals surface area contributed by atoms with Crippen LogP contribution in [0, 0.1) is 0 Å². The van der Waals surface area contributed by atoms with E-state index in [1.54, 1.807) is 0 Å². The van der Waals surface area contributed by atoms with Gasteiger partial charge >= 0.3 is 66.2 Å². The third-order valence-corrected chi connectivity index (χ3v) is 0.512. The molecule has 3 nitrogen and oxygen atoms in total. The molecule has 10 heavy (non-hydrogen) atoms. The zero-order valence-corrected chi connectivity index (χ0v) is 9.48. The summed E-state index contributed by atoms with van der Waals surface area (Å²) in [4.78, 5) is 8.00. The van der Waals surface area contributed by atoms with E-state index in [1.165, 1.54) is 0 Å². The van der Waals surface area contributed by atoms with Crippen molar-refractivity contribution < 1.29 is 12.6 Å². The van der Waals surface area contributed by atoms with Crippen molar-refractivity contribution in [3.8, 4) is 0 Å². The maximum absolute atomic E-state index is 8.39. The number of unbranched alkanes of at least 4 members (excludes halogenated alkanes) is 1. The fraction of sp³-hybridized carbons (Fsp3) is 0.800. The Hall–Kier alpha value is 1.61. The van der Waals surface area contributed by atoms with Crippen LogP contribution in [-0.2, 0) is 7.48 Å². The SMILES string of the molecule is C=O.CCCCO.[CaH2].[O]=[Pb]. The molecule has 0 aliphatic rings. The van der Waals surface area contributed by atoms with Crippen molar-refractivity contribution in [1.82, 2.24) is 0 Å². The Kier molecular flexibility index (Phi) is 104. The van der Waals surface area contributed by atoms with Crippen molar-refractivity contribution in [2.75, 3.05) is 6.61 Å². The average molecular weight is 369 g/mol. The fourth-order valence-electron chi connectivity index (χ4n) is 0.158. The van der Waals surface area contributed by atoms with Gasteiger partial charge in [0.25, 0.3) is 0 Å². The molecule has 0 fully saturated rings. The van der Waals surface area contributed by atoms with Gasteiger partial charge in [0.2, 0.25) is 0 Å². The number of carbonyl (C=O) groups is 1. The molecule has 0 saturated heterocycles. The average Bonchev–Trinajstić information content (AvgIpc) is 1.98. The van der Waals surface area contributed by atoms with Gasteiger partial charge in [-0.3, -0.25) is 0 Å². The predicted molar refractivity (Wildman–Crippen MR) is 44.1 cm³/mol. The molecular weight excluding hydrogens is 355 g/mol. The number of rotatable bonds is 2. The molecule has 0 atom stereocenters. The molecule has 0 aromatic rings. The van der Waals surface area contributed by atoms with Crippen LogP contribution < -0.4 is 0 Å². The second-order valence-corrected chi connectivity index (χ2v) is 1.08. The van der Waals surface area contributed by atoms with Crippen LogP contribution in [0.5, 0.6) is 0 Å². The van der Waals surface area contributed by atoms with E-state index in [2.05, 4.69) is 6.92 Å². The number of hydrogen-bond donors (Lipinski definition) is 1. The van der Waals surface area contributed by atoms with Crippen molar-refractivity contribution in [2.24, 2.45) is 0 Å². The van der Waals surface area contributed by atoms with Crippen LogP contribution in [0.15, 0.2) is 0 Å². The van der Waals surface area contributed by atoms with Gasteiger partial charge in [-0.1, -0.05) is 13.3 Å². The Bertz CT molecular complexity index is 36.1. The third kappa shape index (κ3) is 54.6. The van der Waals surface area contributed by atoms with Gasteiger partial charge in [-0.2, -0.15) is 0 Å². The number of hydrogen-bond acceptors (Lipinski definition) is 3. The summed E-state index contributed by atoms with van der Waals surface area (Å²) in [5, 5.41) is 8.07. The quantitative estimate of drug-likeness (QED) is 0.647. The molecule has 0 spiro atoms. The molecule has 0 rings (SSSR count). The van der Waals surface area contributed by atoms with Gasteiger partial charge in [0.05, 0.1) is 0 Å². The molecule has 0 saturated carbocycles. The second-order valence-electron chi connectivity index (χ2n) is 1.08. The molecular formula is C5H14CaO3Pb. The first kappa shape index (κ1) is 22.6. The Labute approximate surface area is 108 Å². The van der Waals surface area contributed by atoms with Crippen LogP contribution in [0.25, 0.3) is 0 Å².